The van der Waals surface area contributed by atoms with E-state index in [9.17, 15) is 4.21 Å². The van der Waals surface area contributed by atoms with Crippen molar-refractivity contribution in [2.75, 3.05) is 11.5 Å². The third-order valence-electron chi connectivity index (χ3n) is 3.63. The Labute approximate surface area is 123 Å². The topological polar surface area (TPSA) is 17.1 Å². The van der Waals surface area contributed by atoms with E-state index < -0.39 is 10.8 Å². The Morgan fingerprint density at radius 2 is 1.95 bits per heavy atom. The lowest BCUT2D eigenvalue weighted by molar-refractivity contribution is 0.291. The van der Waals surface area contributed by atoms with Gasteiger partial charge in [-0.25, -0.2) is 0 Å². The van der Waals surface area contributed by atoms with Crippen LogP contribution in [0.1, 0.15) is 36.5 Å². The van der Waals surface area contributed by atoms with E-state index in [1.165, 1.54) is 0 Å². The molecule has 1 heterocycles. The molecule has 3 atom stereocenters. The van der Waals surface area contributed by atoms with E-state index >= 15 is 0 Å². The SMILES string of the molecule is C#Cc1ccc(C2SCC(C(C)(C)C)CS2=O)cc1. The van der Waals surface area contributed by atoms with Crippen molar-refractivity contribution >= 4 is 22.6 Å². The maximum Gasteiger partial charge on any atom is 0.105 e. The van der Waals surface area contributed by atoms with E-state index in [-0.39, 0.29) is 10.00 Å². The molecule has 19 heavy (non-hydrogen) atoms. The Kier molecular flexibility index (Phi) is 4.43. The van der Waals surface area contributed by atoms with Crippen LogP contribution in [0.2, 0.25) is 0 Å². The zero-order chi connectivity index (χ0) is 14.0. The Hall–Kier alpha value is -0.720. The van der Waals surface area contributed by atoms with E-state index in [2.05, 4.69) is 26.7 Å². The predicted molar refractivity (Wildman–Crippen MR) is 85.5 cm³/mol. The van der Waals surface area contributed by atoms with Gasteiger partial charge in [-0.3, -0.25) is 4.21 Å². The number of hydrogen-bond donors (Lipinski definition) is 0. The van der Waals surface area contributed by atoms with Crippen molar-refractivity contribution in [2.45, 2.75) is 25.4 Å². The van der Waals surface area contributed by atoms with Crippen molar-refractivity contribution in [2.24, 2.45) is 11.3 Å². The molecular weight excluding hydrogens is 272 g/mol. The molecule has 1 fully saturated rings. The van der Waals surface area contributed by atoms with E-state index in [1.807, 2.05) is 36.0 Å². The van der Waals surface area contributed by atoms with Gasteiger partial charge in [0, 0.05) is 22.1 Å². The molecule has 0 radical (unpaired) electrons. The number of rotatable bonds is 1. The minimum absolute atomic E-state index is 0.102. The zero-order valence-electron chi connectivity index (χ0n) is 11.7. The first-order valence-corrected chi connectivity index (χ1v) is 8.90. The van der Waals surface area contributed by atoms with Gasteiger partial charge in [-0.1, -0.05) is 38.8 Å². The van der Waals surface area contributed by atoms with Crippen LogP contribution in [0, 0.1) is 23.7 Å². The summed E-state index contributed by atoms with van der Waals surface area (Å²) >= 11 is 1.82. The summed E-state index contributed by atoms with van der Waals surface area (Å²) in [4.78, 5) is 0. The molecule has 3 unspecified atom stereocenters. The largest absolute Gasteiger partial charge is 0.258 e. The molecule has 1 aromatic rings. The Balaban J connectivity index is 2.12. The quantitative estimate of drug-likeness (QED) is 0.732. The van der Waals surface area contributed by atoms with Gasteiger partial charge in [-0.05, 0) is 34.8 Å². The fourth-order valence-corrected chi connectivity index (χ4v) is 6.35. The van der Waals surface area contributed by atoms with Gasteiger partial charge >= 0.3 is 0 Å². The van der Waals surface area contributed by atoms with Crippen LogP contribution in [-0.2, 0) is 10.8 Å². The van der Waals surface area contributed by atoms with Gasteiger partial charge in [0.1, 0.15) is 4.58 Å². The van der Waals surface area contributed by atoms with Crippen molar-refractivity contribution in [1.29, 1.82) is 0 Å². The smallest absolute Gasteiger partial charge is 0.105 e. The van der Waals surface area contributed by atoms with Crippen molar-refractivity contribution in [3.8, 4) is 12.3 Å². The summed E-state index contributed by atoms with van der Waals surface area (Å²) in [6.45, 7) is 6.70. The maximum atomic E-state index is 12.5. The fraction of sp³-hybridized carbons (Fsp3) is 0.500. The first-order chi connectivity index (χ1) is 8.91. The standard InChI is InChI=1S/C16H20OS2/c1-5-12-6-8-13(9-7-12)15-18-10-14(11-19(15)17)16(2,3)4/h1,6-9,14-15H,10-11H2,2-4H3. The average molecular weight is 292 g/mol. The van der Waals surface area contributed by atoms with Gasteiger partial charge in [-0.2, -0.15) is 0 Å². The Morgan fingerprint density at radius 3 is 2.42 bits per heavy atom. The van der Waals surface area contributed by atoms with E-state index in [4.69, 9.17) is 6.42 Å². The second kappa shape index (κ2) is 5.73. The number of benzene rings is 1. The highest BCUT2D eigenvalue weighted by molar-refractivity contribution is 8.11. The number of terminal acetylenes is 1. The molecule has 0 bridgehead atoms. The molecule has 1 nitrogen and oxygen atoms in total. The highest BCUT2D eigenvalue weighted by atomic mass is 32.2. The second-order valence-electron chi connectivity index (χ2n) is 6.04. The monoisotopic (exact) mass is 292 g/mol. The van der Waals surface area contributed by atoms with Crippen molar-refractivity contribution < 1.29 is 4.21 Å². The highest BCUT2D eigenvalue weighted by Crippen LogP contribution is 2.43. The maximum absolute atomic E-state index is 12.5. The van der Waals surface area contributed by atoms with Crippen LogP contribution in [-0.4, -0.2) is 15.7 Å². The van der Waals surface area contributed by atoms with Gasteiger partial charge in [0.25, 0.3) is 0 Å². The van der Waals surface area contributed by atoms with Crippen LogP contribution in [0.3, 0.4) is 0 Å². The Morgan fingerprint density at radius 1 is 1.32 bits per heavy atom. The molecule has 102 valence electrons. The molecule has 0 saturated carbocycles. The molecule has 2 rings (SSSR count). The lowest BCUT2D eigenvalue weighted by Crippen LogP contribution is -2.33. The van der Waals surface area contributed by atoms with Crippen molar-refractivity contribution in [1.82, 2.24) is 0 Å². The Bertz CT molecular complexity index is 505. The third-order valence-corrected chi connectivity index (χ3v) is 7.33. The molecule has 1 aliphatic rings. The molecule has 0 amide bonds. The summed E-state index contributed by atoms with van der Waals surface area (Å²) in [5.41, 5.74) is 2.25. The minimum atomic E-state index is -0.803. The molecule has 0 aromatic heterocycles. The third kappa shape index (κ3) is 3.43. The van der Waals surface area contributed by atoms with Crippen LogP contribution in [0.5, 0.6) is 0 Å². The van der Waals surface area contributed by atoms with Gasteiger partial charge in [0.05, 0.1) is 0 Å². The summed E-state index contributed by atoms with van der Waals surface area (Å²) in [6.07, 6.45) is 5.36. The van der Waals surface area contributed by atoms with Crippen LogP contribution >= 0.6 is 11.8 Å². The average Bonchev–Trinajstić information content (AvgIpc) is 2.38. The lowest BCUT2D eigenvalue weighted by atomic mass is 9.83. The molecule has 1 saturated heterocycles. The number of thioether (sulfide) groups is 1. The van der Waals surface area contributed by atoms with Crippen LogP contribution in [0.4, 0.5) is 0 Å². The van der Waals surface area contributed by atoms with Crippen LogP contribution < -0.4 is 0 Å². The van der Waals surface area contributed by atoms with Gasteiger partial charge in [0.2, 0.25) is 0 Å². The number of hydrogen-bond acceptors (Lipinski definition) is 2. The first kappa shape index (κ1) is 14.7. The molecule has 1 aromatic carbocycles. The fourth-order valence-electron chi connectivity index (χ4n) is 2.10. The molecule has 3 heteroatoms. The molecule has 0 aliphatic carbocycles. The van der Waals surface area contributed by atoms with Gasteiger partial charge in [0.15, 0.2) is 0 Å². The molecule has 1 aliphatic heterocycles. The second-order valence-corrected chi connectivity index (χ2v) is 9.04. The molecule has 0 spiro atoms. The summed E-state index contributed by atoms with van der Waals surface area (Å²) in [5, 5.41) is 0. The normalized spacial score (nSPS) is 27.8. The summed E-state index contributed by atoms with van der Waals surface area (Å²) in [5.74, 6) is 5.02. The van der Waals surface area contributed by atoms with E-state index in [0.29, 0.717) is 5.92 Å². The van der Waals surface area contributed by atoms with Gasteiger partial charge in [-0.15, -0.1) is 18.2 Å². The minimum Gasteiger partial charge on any atom is -0.258 e. The molecular formula is C16H20OS2. The summed E-state index contributed by atoms with van der Waals surface area (Å²) in [7, 11) is -0.803. The van der Waals surface area contributed by atoms with Crippen molar-refractivity contribution in [3.05, 3.63) is 35.4 Å². The highest BCUT2D eigenvalue weighted by Gasteiger charge is 2.35. The molecule has 0 N–H and O–H groups in total. The van der Waals surface area contributed by atoms with Crippen LogP contribution in [0.15, 0.2) is 24.3 Å². The summed E-state index contributed by atoms with van der Waals surface area (Å²) < 4.78 is 12.6. The van der Waals surface area contributed by atoms with E-state index in [1.54, 1.807) is 0 Å². The predicted octanol–water partition coefficient (Wildman–Crippen LogP) is 3.82. The summed E-state index contributed by atoms with van der Waals surface area (Å²) in [6, 6.07) is 7.90. The van der Waals surface area contributed by atoms with Crippen LogP contribution in [0.25, 0.3) is 0 Å². The zero-order valence-corrected chi connectivity index (χ0v) is 13.3. The van der Waals surface area contributed by atoms with Crippen molar-refractivity contribution in [3.63, 3.8) is 0 Å². The van der Waals surface area contributed by atoms with Gasteiger partial charge < -0.3 is 0 Å². The first-order valence-electron chi connectivity index (χ1n) is 6.47. The van der Waals surface area contributed by atoms with E-state index in [0.717, 1.165) is 22.6 Å². The lowest BCUT2D eigenvalue weighted by Gasteiger charge is -2.36.